The Hall–Kier alpha value is -1.93. The molecule has 3 saturated carbocycles. The first-order chi connectivity index (χ1) is 16.7. The van der Waals surface area contributed by atoms with Crippen LogP contribution in [-0.4, -0.2) is 57.8 Å². The minimum Gasteiger partial charge on any atom is -0.479 e. The lowest BCUT2D eigenvalue weighted by atomic mass is 9.46. The van der Waals surface area contributed by atoms with Gasteiger partial charge in [0.2, 0.25) is 0 Å². The predicted molar refractivity (Wildman–Crippen MR) is 136 cm³/mol. The summed E-state index contributed by atoms with van der Waals surface area (Å²) in [5.41, 5.74) is 0.935. The number of nitrogens with zero attached hydrogens (tertiary/aromatic N) is 1. The highest BCUT2D eigenvalue weighted by Gasteiger charge is 2.62. The largest absolute Gasteiger partial charge is 0.479 e. The number of aliphatic hydroxyl groups excluding tert-OH is 1. The van der Waals surface area contributed by atoms with Gasteiger partial charge < -0.3 is 25.5 Å². The van der Waals surface area contributed by atoms with Gasteiger partial charge in [0.1, 0.15) is 0 Å². The van der Waals surface area contributed by atoms with Gasteiger partial charge >= 0.3 is 5.97 Å². The molecule has 0 radical (unpaired) electrons. The van der Waals surface area contributed by atoms with Gasteiger partial charge in [0, 0.05) is 12.0 Å². The number of hydrogen-bond acceptors (Lipinski definition) is 6. The number of hydrogen-bond donors (Lipinski definition) is 4. The maximum atomic E-state index is 12.2. The molecule has 202 valence electrons. The van der Waals surface area contributed by atoms with E-state index in [2.05, 4.69) is 30.4 Å². The lowest BCUT2D eigenvalue weighted by Gasteiger charge is -2.59. The number of fused-ring (bicyclic) bond motifs is 5. The lowest BCUT2D eigenvalue weighted by Crippen LogP contribution is -2.53. The molecule has 4 rings (SSSR count). The summed E-state index contributed by atoms with van der Waals surface area (Å²) in [5, 5.41) is 36.7. The van der Waals surface area contributed by atoms with Crippen LogP contribution < -0.4 is 5.32 Å². The molecule has 4 aliphatic rings. The summed E-state index contributed by atoms with van der Waals surface area (Å²) in [5.74, 6) is 0.185. The van der Waals surface area contributed by atoms with Gasteiger partial charge in [-0.1, -0.05) is 38.4 Å². The van der Waals surface area contributed by atoms with Gasteiger partial charge in [0.05, 0.1) is 11.3 Å². The van der Waals surface area contributed by atoms with Gasteiger partial charge in [-0.05, 0) is 93.0 Å². The average molecular weight is 505 g/mol. The second-order valence-electron chi connectivity index (χ2n) is 13.1. The van der Waals surface area contributed by atoms with E-state index in [1.807, 2.05) is 6.92 Å². The zero-order valence-electron chi connectivity index (χ0n) is 22.5. The zero-order valence-corrected chi connectivity index (χ0v) is 22.5. The van der Waals surface area contributed by atoms with Gasteiger partial charge in [-0.3, -0.25) is 4.79 Å². The number of nitrogens with one attached hydrogen (secondary N) is 1. The molecular weight excluding hydrogens is 460 g/mol. The van der Waals surface area contributed by atoms with Crippen molar-refractivity contribution < 1.29 is 29.7 Å². The molecule has 0 aliphatic heterocycles. The van der Waals surface area contributed by atoms with Gasteiger partial charge in [0.25, 0.3) is 5.91 Å². The van der Waals surface area contributed by atoms with Crippen molar-refractivity contribution in [3.8, 4) is 0 Å². The van der Waals surface area contributed by atoms with Crippen LogP contribution in [0.3, 0.4) is 0 Å². The zero-order chi connectivity index (χ0) is 26.5. The van der Waals surface area contributed by atoms with E-state index in [0.717, 1.165) is 57.1 Å². The summed E-state index contributed by atoms with van der Waals surface area (Å²) in [6, 6.07) is 0. The number of allylic oxidation sites excluding steroid dienone is 2. The maximum absolute atomic E-state index is 12.2. The highest BCUT2D eigenvalue weighted by Crippen LogP contribution is 2.67. The van der Waals surface area contributed by atoms with Crippen molar-refractivity contribution in [3.63, 3.8) is 0 Å². The normalized spacial score (nSPS) is 39.9. The monoisotopic (exact) mass is 504 g/mol. The fraction of sp³-hybridized carbons (Fsp3) is 0.821. The van der Waals surface area contributed by atoms with Crippen molar-refractivity contribution in [3.05, 3.63) is 11.6 Å². The molecule has 1 amide bonds. The van der Waals surface area contributed by atoms with Gasteiger partial charge in [0.15, 0.2) is 12.7 Å². The molecule has 36 heavy (non-hydrogen) atoms. The lowest BCUT2D eigenvalue weighted by molar-refractivity contribution is -0.153. The number of carboxylic acid groups (broad SMARTS) is 1. The second kappa shape index (κ2) is 9.43. The molecule has 8 heteroatoms. The van der Waals surface area contributed by atoms with Crippen LogP contribution in [0.2, 0.25) is 0 Å². The quantitative estimate of drug-likeness (QED) is 0.392. The van der Waals surface area contributed by atoms with E-state index in [1.54, 1.807) is 13.8 Å². The highest BCUT2D eigenvalue weighted by atomic mass is 16.6. The summed E-state index contributed by atoms with van der Waals surface area (Å²) in [6.45, 7) is 9.71. The Morgan fingerprint density at radius 1 is 1.14 bits per heavy atom. The SMILES string of the molecule is CC(C)(CNC(=O)CO/N=C1\C=C2CC[C@@H]3[C@H](CC[C@@]4(C)[C@H]3CC[C@]4(C)O)[C@@]2(C)CC1)[C@@H](O)C(=O)O. The standard InChI is InChI=1S/C28H44N2O6/c1-25(2,23(32)24(33)34)16-29-22(31)15-36-30-18-8-11-26(3)17(14-18)6-7-19-20(26)9-12-27(4)21(19)10-13-28(27,5)35/h14,19-21,23,32,35H,6-13,15-16H2,1-5H3,(H,29,31)(H,33,34)/b30-18-/t19-,20+,21+,23+,26+,27+,28+/m1/s1. The van der Waals surface area contributed by atoms with Gasteiger partial charge in [-0.2, -0.15) is 0 Å². The molecule has 0 heterocycles. The van der Waals surface area contributed by atoms with Crippen LogP contribution in [0.15, 0.2) is 16.8 Å². The molecule has 7 atom stereocenters. The third-order valence-electron chi connectivity index (χ3n) is 10.6. The van der Waals surface area contributed by atoms with Crippen molar-refractivity contribution in [2.45, 2.75) is 97.7 Å². The molecule has 0 saturated heterocycles. The third kappa shape index (κ3) is 4.60. The smallest absolute Gasteiger partial charge is 0.333 e. The van der Waals surface area contributed by atoms with E-state index in [-0.39, 0.29) is 24.0 Å². The summed E-state index contributed by atoms with van der Waals surface area (Å²) in [4.78, 5) is 28.5. The number of oxime groups is 1. The molecule has 0 unspecified atom stereocenters. The molecular formula is C28H44N2O6. The number of carboxylic acids is 1. The first-order valence-corrected chi connectivity index (χ1v) is 13.5. The molecule has 4 N–H and O–H groups in total. The number of carbonyl (C=O) groups is 2. The molecule has 8 nitrogen and oxygen atoms in total. The van der Waals surface area contributed by atoms with Crippen molar-refractivity contribution in [2.75, 3.05) is 13.2 Å². The Bertz CT molecular complexity index is 956. The molecule has 0 aromatic heterocycles. The van der Waals surface area contributed by atoms with Crippen molar-refractivity contribution in [1.29, 1.82) is 0 Å². The number of aliphatic hydroxyl groups is 2. The van der Waals surface area contributed by atoms with E-state index in [1.165, 1.54) is 5.57 Å². The number of aliphatic carboxylic acids is 1. The average Bonchev–Trinajstić information content (AvgIpc) is 3.06. The highest BCUT2D eigenvalue weighted by molar-refractivity contribution is 5.96. The Labute approximate surface area is 214 Å². The number of carbonyl (C=O) groups excluding carboxylic acids is 1. The van der Waals surface area contributed by atoms with E-state index >= 15 is 0 Å². The van der Waals surface area contributed by atoms with Crippen molar-refractivity contribution in [2.24, 2.45) is 39.2 Å². The van der Waals surface area contributed by atoms with E-state index in [9.17, 15) is 19.8 Å². The first kappa shape index (κ1) is 27.1. The van der Waals surface area contributed by atoms with Crippen molar-refractivity contribution >= 4 is 17.6 Å². The number of rotatable bonds is 7. The van der Waals surface area contributed by atoms with Crippen LogP contribution in [0, 0.1) is 34.0 Å². The van der Waals surface area contributed by atoms with Crippen LogP contribution >= 0.6 is 0 Å². The second-order valence-corrected chi connectivity index (χ2v) is 13.1. The van der Waals surface area contributed by atoms with Crippen molar-refractivity contribution in [1.82, 2.24) is 5.32 Å². The minimum atomic E-state index is -1.57. The van der Waals surface area contributed by atoms with Crippen LogP contribution in [0.25, 0.3) is 0 Å². The fourth-order valence-corrected chi connectivity index (χ4v) is 7.87. The summed E-state index contributed by atoms with van der Waals surface area (Å²) < 4.78 is 0. The van der Waals surface area contributed by atoms with Crippen LogP contribution in [0.4, 0.5) is 0 Å². The Balaban J connectivity index is 1.35. The van der Waals surface area contributed by atoms with Crippen LogP contribution in [0.5, 0.6) is 0 Å². The molecule has 0 aromatic rings. The van der Waals surface area contributed by atoms with Gasteiger partial charge in [-0.25, -0.2) is 4.79 Å². The summed E-state index contributed by atoms with van der Waals surface area (Å²) in [7, 11) is 0. The number of amides is 1. The molecule has 3 fully saturated rings. The fourth-order valence-electron chi connectivity index (χ4n) is 7.87. The van der Waals surface area contributed by atoms with E-state index < -0.39 is 29.0 Å². The van der Waals surface area contributed by atoms with E-state index in [4.69, 9.17) is 9.94 Å². The first-order valence-electron chi connectivity index (χ1n) is 13.5. The third-order valence-corrected chi connectivity index (χ3v) is 10.6. The van der Waals surface area contributed by atoms with Crippen LogP contribution in [-0.2, 0) is 14.4 Å². The topological polar surface area (TPSA) is 128 Å². The molecule has 0 aromatic carbocycles. The minimum absolute atomic E-state index is 0.0136. The molecule has 0 spiro atoms. The maximum Gasteiger partial charge on any atom is 0.333 e. The Morgan fingerprint density at radius 3 is 2.53 bits per heavy atom. The summed E-state index contributed by atoms with van der Waals surface area (Å²) in [6.07, 6.45) is 8.96. The summed E-state index contributed by atoms with van der Waals surface area (Å²) >= 11 is 0. The van der Waals surface area contributed by atoms with E-state index in [0.29, 0.717) is 17.8 Å². The Kier molecular flexibility index (Phi) is 7.10. The van der Waals surface area contributed by atoms with Crippen LogP contribution in [0.1, 0.15) is 86.0 Å². The predicted octanol–water partition coefficient (Wildman–Crippen LogP) is 3.66. The molecule has 0 bridgehead atoms. The molecule has 4 aliphatic carbocycles. The Morgan fingerprint density at radius 2 is 1.83 bits per heavy atom. The van der Waals surface area contributed by atoms with Gasteiger partial charge in [-0.15, -0.1) is 0 Å².